The average Bonchev–Trinajstić information content (AvgIpc) is 3.21. The first-order chi connectivity index (χ1) is 13.8. The number of nitrogens with zero attached hydrogens (tertiary/aromatic N) is 3. The Morgan fingerprint density at radius 1 is 0.966 bits per heavy atom. The van der Waals surface area contributed by atoms with Gasteiger partial charge >= 0.3 is 0 Å². The van der Waals surface area contributed by atoms with E-state index in [-0.39, 0.29) is 35.3 Å². The van der Waals surface area contributed by atoms with Crippen LogP contribution in [0, 0.1) is 17.5 Å². The fourth-order valence-electron chi connectivity index (χ4n) is 3.25. The molecule has 0 amide bonds. The molecule has 1 aliphatic heterocycles. The van der Waals surface area contributed by atoms with Gasteiger partial charge in [0.2, 0.25) is 21.7 Å². The van der Waals surface area contributed by atoms with Gasteiger partial charge in [-0.3, -0.25) is 0 Å². The summed E-state index contributed by atoms with van der Waals surface area (Å²) in [7, 11) is -3.71. The number of aromatic nitrogens is 2. The molecule has 4 rings (SSSR count). The van der Waals surface area contributed by atoms with E-state index in [9.17, 15) is 21.6 Å². The summed E-state index contributed by atoms with van der Waals surface area (Å²) in [6, 6.07) is 8.02. The Morgan fingerprint density at radius 2 is 1.66 bits per heavy atom. The molecule has 0 aliphatic carbocycles. The molecule has 1 saturated heterocycles. The van der Waals surface area contributed by atoms with Crippen molar-refractivity contribution in [3.8, 4) is 11.4 Å². The molecular weight excluding hydrogens is 407 g/mol. The summed E-state index contributed by atoms with van der Waals surface area (Å²) in [6.45, 7) is 0.487. The van der Waals surface area contributed by atoms with Gasteiger partial charge in [0.1, 0.15) is 5.82 Å². The van der Waals surface area contributed by atoms with Gasteiger partial charge in [0.25, 0.3) is 0 Å². The van der Waals surface area contributed by atoms with Crippen molar-refractivity contribution in [3.63, 3.8) is 0 Å². The first-order valence-electron chi connectivity index (χ1n) is 8.89. The van der Waals surface area contributed by atoms with Gasteiger partial charge in [-0.2, -0.15) is 9.29 Å². The standard InChI is InChI=1S/C19H16F3N3O3S/c20-14-2-4-15(5-3-14)29(26,27)25-9-7-12(8-10-25)19-23-18(24-28-19)13-1-6-16(21)17(22)11-13/h1-6,11-12H,7-10H2. The van der Waals surface area contributed by atoms with Crippen LogP contribution in [0.2, 0.25) is 0 Å². The van der Waals surface area contributed by atoms with Crippen LogP contribution < -0.4 is 0 Å². The molecular formula is C19H16F3N3O3S. The topological polar surface area (TPSA) is 76.3 Å². The van der Waals surface area contributed by atoms with Crippen molar-refractivity contribution in [3.05, 3.63) is 65.8 Å². The van der Waals surface area contributed by atoms with Crippen LogP contribution in [0.3, 0.4) is 0 Å². The van der Waals surface area contributed by atoms with Crippen LogP contribution in [0.15, 0.2) is 51.9 Å². The second-order valence-corrected chi connectivity index (χ2v) is 8.66. The number of benzene rings is 2. The summed E-state index contributed by atoms with van der Waals surface area (Å²) in [5, 5.41) is 3.81. The number of halogens is 3. The molecule has 2 heterocycles. The molecule has 1 fully saturated rings. The molecule has 0 spiro atoms. The zero-order valence-corrected chi connectivity index (χ0v) is 15.9. The Morgan fingerprint density at radius 3 is 2.31 bits per heavy atom. The Bertz CT molecular complexity index is 1130. The van der Waals surface area contributed by atoms with Crippen molar-refractivity contribution in [2.45, 2.75) is 23.7 Å². The molecule has 10 heteroatoms. The van der Waals surface area contributed by atoms with Crippen LogP contribution >= 0.6 is 0 Å². The lowest BCUT2D eigenvalue weighted by molar-refractivity contribution is 0.271. The Kier molecular flexibility index (Phi) is 5.13. The van der Waals surface area contributed by atoms with Gasteiger partial charge < -0.3 is 4.52 Å². The lowest BCUT2D eigenvalue weighted by Gasteiger charge is -2.29. The van der Waals surface area contributed by atoms with Crippen LogP contribution in [0.1, 0.15) is 24.7 Å². The maximum atomic E-state index is 13.4. The summed E-state index contributed by atoms with van der Waals surface area (Å²) in [4.78, 5) is 4.29. The third-order valence-corrected chi connectivity index (χ3v) is 6.79. The monoisotopic (exact) mass is 423 g/mol. The molecule has 0 radical (unpaired) electrons. The minimum atomic E-state index is -3.71. The average molecular weight is 423 g/mol. The lowest BCUT2D eigenvalue weighted by atomic mass is 9.98. The van der Waals surface area contributed by atoms with Gasteiger partial charge in [0, 0.05) is 24.6 Å². The number of hydrogen-bond donors (Lipinski definition) is 0. The predicted octanol–water partition coefficient (Wildman–Crippen LogP) is 3.72. The molecule has 0 unspecified atom stereocenters. The summed E-state index contributed by atoms with van der Waals surface area (Å²) in [5.41, 5.74) is 0.287. The van der Waals surface area contributed by atoms with Gasteiger partial charge in [-0.25, -0.2) is 21.6 Å². The van der Waals surface area contributed by atoms with E-state index in [1.807, 2.05) is 0 Å². The highest BCUT2D eigenvalue weighted by Gasteiger charge is 2.32. The van der Waals surface area contributed by atoms with Crippen LogP contribution in [0.4, 0.5) is 13.2 Å². The highest BCUT2D eigenvalue weighted by Crippen LogP contribution is 2.31. The van der Waals surface area contributed by atoms with E-state index in [0.29, 0.717) is 18.7 Å². The van der Waals surface area contributed by atoms with Crippen LogP contribution in [0.25, 0.3) is 11.4 Å². The first-order valence-corrected chi connectivity index (χ1v) is 10.3. The van der Waals surface area contributed by atoms with Crippen LogP contribution in [0.5, 0.6) is 0 Å². The van der Waals surface area contributed by atoms with Crippen LogP contribution in [-0.2, 0) is 10.0 Å². The smallest absolute Gasteiger partial charge is 0.243 e. The van der Waals surface area contributed by atoms with Crippen LogP contribution in [-0.4, -0.2) is 36.0 Å². The highest BCUT2D eigenvalue weighted by molar-refractivity contribution is 7.89. The summed E-state index contributed by atoms with van der Waals surface area (Å²) < 4.78 is 71.5. The van der Waals surface area contributed by atoms with Crippen molar-refractivity contribution < 1.29 is 26.1 Å². The Balaban J connectivity index is 1.45. The summed E-state index contributed by atoms with van der Waals surface area (Å²) in [5.74, 6) is -2.17. The molecule has 1 aromatic heterocycles. The molecule has 2 aromatic carbocycles. The molecule has 0 atom stereocenters. The molecule has 1 aliphatic rings. The SMILES string of the molecule is O=S(=O)(c1ccc(F)cc1)N1CCC(c2nc(-c3ccc(F)c(F)c3)no2)CC1. The van der Waals surface area contributed by atoms with E-state index in [1.54, 1.807) is 0 Å². The fourth-order valence-corrected chi connectivity index (χ4v) is 4.72. The van der Waals surface area contributed by atoms with Gasteiger partial charge in [0.05, 0.1) is 4.90 Å². The number of rotatable bonds is 4. The third-order valence-electron chi connectivity index (χ3n) is 4.87. The van der Waals surface area contributed by atoms with Gasteiger partial charge in [-0.05, 0) is 55.3 Å². The normalized spacial score (nSPS) is 16.2. The maximum absolute atomic E-state index is 13.4. The quantitative estimate of drug-likeness (QED) is 0.639. The van der Waals surface area contributed by atoms with Gasteiger partial charge in [-0.1, -0.05) is 5.16 Å². The summed E-state index contributed by atoms with van der Waals surface area (Å²) in [6.07, 6.45) is 0.916. The first kappa shape index (κ1) is 19.6. The van der Waals surface area contributed by atoms with Gasteiger partial charge in [-0.15, -0.1) is 0 Å². The molecule has 0 N–H and O–H groups in total. The van der Waals surface area contributed by atoms with Crippen molar-refractivity contribution >= 4 is 10.0 Å². The van der Waals surface area contributed by atoms with E-state index in [1.165, 1.54) is 22.5 Å². The van der Waals surface area contributed by atoms with Crippen molar-refractivity contribution in [2.24, 2.45) is 0 Å². The molecule has 0 bridgehead atoms. The number of sulfonamides is 1. The molecule has 29 heavy (non-hydrogen) atoms. The number of piperidine rings is 1. The highest BCUT2D eigenvalue weighted by atomic mass is 32.2. The minimum absolute atomic E-state index is 0.0377. The summed E-state index contributed by atoms with van der Waals surface area (Å²) >= 11 is 0. The third kappa shape index (κ3) is 3.90. The minimum Gasteiger partial charge on any atom is -0.339 e. The van der Waals surface area contributed by atoms with E-state index >= 15 is 0 Å². The zero-order valence-electron chi connectivity index (χ0n) is 15.1. The van der Waals surface area contributed by atoms with E-state index in [2.05, 4.69) is 10.1 Å². The zero-order chi connectivity index (χ0) is 20.6. The molecule has 6 nitrogen and oxygen atoms in total. The molecule has 152 valence electrons. The fraction of sp³-hybridized carbons (Fsp3) is 0.263. The predicted molar refractivity (Wildman–Crippen MR) is 96.8 cm³/mol. The second-order valence-electron chi connectivity index (χ2n) is 6.72. The molecule has 3 aromatic rings. The largest absolute Gasteiger partial charge is 0.339 e. The van der Waals surface area contributed by atoms with E-state index in [4.69, 9.17) is 4.52 Å². The lowest BCUT2D eigenvalue weighted by Crippen LogP contribution is -2.37. The van der Waals surface area contributed by atoms with Crippen molar-refractivity contribution in [2.75, 3.05) is 13.1 Å². The Labute approximate surface area is 165 Å². The van der Waals surface area contributed by atoms with Crippen molar-refractivity contribution in [1.82, 2.24) is 14.4 Å². The second kappa shape index (κ2) is 7.60. The Hall–Kier alpha value is -2.72. The van der Waals surface area contributed by atoms with E-state index < -0.39 is 27.5 Å². The maximum Gasteiger partial charge on any atom is 0.243 e. The number of hydrogen-bond acceptors (Lipinski definition) is 5. The van der Waals surface area contributed by atoms with Crippen molar-refractivity contribution in [1.29, 1.82) is 0 Å². The molecule has 0 saturated carbocycles. The van der Waals surface area contributed by atoms with E-state index in [0.717, 1.165) is 24.3 Å². The van der Waals surface area contributed by atoms with Gasteiger partial charge in [0.15, 0.2) is 11.6 Å².